The first-order valence-corrected chi connectivity index (χ1v) is 15.2. The monoisotopic (exact) mass is 537 g/mol. The summed E-state index contributed by atoms with van der Waals surface area (Å²) in [7, 11) is 0. The molecule has 0 radical (unpaired) electrons. The molecule has 1 aliphatic heterocycles. The second-order valence-electron chi connectivity index (χ2n) is 12.2. The number of nitrogens with zero attached hydrogens (tertiary/aromatic N) is 1. The normalized spacial score (nSPS) is 19.4. The molecule has 0 aromatic heterocycles. The molecule has 1 saturated carbocycles. The van der Waals surface area contributed by atoms with Crippen LogP contribution in [0.1, 0.15) is 41.9 Å². The fourth-order valence-corrected chi connectivity index (χ4v) is 8.17. The van der Waals surface area contributed by atoms with Crippen LogP contribution in [0, 0.1) is 0 Å². The van der Waals surface area contributed by atoms with Gasteiger partial charge in [-0.3, -0.25) is 0 Å². The molecule has 2 aliphatic carbocycles. The SMILES string of the molecule is c1ccc(-c2cccc(-c3ccc(N4c5cc(-c6ccccc6)ccc5C56CCC(C5)c5cccc4c56)cc3)c2)cc1. The van der Waals surface area contributed by atoms with Crippen molar-refractivity contribution in [3.8, 4) is 33.4 Å². The third-order valence-corrected chi connectivity index (χ3v) is 10.0. The van der Waals surface area contributed by atoms with Gasteiger partial charge in [0.25, 0.3) is 0 Å². The Kier molecular flexibility index (Phi) is 5.13. The van der Waals surface area contributed by atoms with Crippen LogP contribution >= 0.6 is 0 Å². The highest BCUT2D eigenvalue weighted by molar-refractivity contribution is 5.91. The third kappa shape index (κ3) is 3.43. The highest BCUT2D eigenvalue weighted by Gasteiger charge is 2.55. The Bertz CT molecular complexity index is 1960. The lowest BCUT2D eigenvalue weighted by Gasteiger charge is -2.43. The van der Waals surface area contributed by atoms with Crippen LogP contribution in [-0.2, 0) is 5.41 Å². The van der Waals surface area contributed by atoms with Crippen LogP contribution in [-0.4, -0.2) is 0 Å². The Morgan fingerprint density at radius 3 is 1.81 bits per heavy atom. The Hall–Kier alpha value is -4.88. The minimum absolute atomic E-state index is 0.148. The molecule has 0 saturated heterocycles. The Morgan fingerprint density at radius 2 is 1.10 bits per heavy atom. The van der Waals surface area contributed by atoms with Crippen LogP contribution in [0.4, 0.5) is 17.1 Å². The molecule has 0 N–H and O–H groups in total. The molecular weight excluding hydrogens is 506 g/mol. The molecule has 200 valence electrons. The minimum atomic E-state index is 0.148. The summed E-state index contributed by atoms with van der Waals surface area (Å²) in [5, 5.41) is 0. The van der Waals surface area contributed by atoms with E-state index < -0.39 is 0 Å². The predicted molar refractivity (Wildman–Crippen MR) is 175 cm³/mol. The van der Waals surface area contributed by atoms with Crippen LogP contribution in [0.25, 0.3) is 33.4 Å². The zero-order chi connectivity index (χ0) is 27.7. The number of fused-ring (bicyclic) bond motifs is 3. The lowest BCUT2D eigenvalue weighted by Crippen LogP contribution is -2.32. The molecule has 42 heavy (non-hydrogen) atoms. The smallest absolute Gasteiger partial charge is 0.0509 e. The number of hydrogen-bond acceptors (Lipinski definition) is 1. The van der Waals surface area contributed by atoms with Gasteiger partial charge in [0, 0.05) is 11.1 Å². The number of benzene rings is 6. The summed E-state index contributed by atoms with van der Waals surface area (Å²) in [6.07, 6.45) is 3.80. The maximum absolute atomic E-state index is 2.54. The molecule has 2 bridgehead atoms. The topological polar surface area (TPSA) is 3.24 Å². The molecule has 6 aromatic rings. The van der Waals surface area contributed by atoms with Crippen molar-refractivity contribution < 1.29 is 0 Å². The van der Waals surface area contributed by atoms with Crippen molar-refractivity contribution in [1.82, 2.24) is 0 Å². The highest BCUT2D eigenvalue weighted by Crippen LogP contribution is 2.67. The van der Waals surface area contributed by atoms with Gasteiger partial charge in [-0.1, -0.05) is 115 Å². The molecule has 3 aliphatic rings. The molecule has 1 fully saturated rings. The number of anilines is 3. The van der Waals surface area contributed by atoms with Crippen molar-refractivity contribution in [3.63, 3.8) is 0 Å². The standard InChI is InChI=1S/C41H31N/c1-3-9-28(10-4-1)31-13-7-14-32(25-31)30-17-20-35(21-18-30)42-38-16-8-15-36-34-23-24-41(27-34,40(36)38)37-22-19-33(26-39(37)42)29-11-5-2-6-12-29/h1-22,25-26,34H,23-24,27H2. The average molecular weight is 538 g/mol. The first-order valence-electron chi connectivity index (χ1n) is 15.2. The maximum atomic E-state index is 2.54. The van der Waals surface area contributed by atoms with Crippen molar-refractivity contribution in [3.05, 3.63) is 162 Å². The van der Waals surface area contributed by atoms with Crippen LogP contribution in [0.5, 0.6) is 0 Å². The molecule has 1 spiro atoms. The van der Waals surface area contributed by atoms with Gasteiger partial charge in [-0.25, -0.2) is 0 Å². The second-order valence-corrected chi connectivity index (χ2v) is 12.2. The van der Waals surface area contributed by atoms with Gasteiger partial charge in [0.1, 0.15) is 0 Å². The lowest BCUT2D eigenvalue weighted by molar-refractivity contribution is 0.544. The molecule has 6 aromatic carbocycles. The first kappa shape index (κ1) is 23.8. The van der Waals surface area contributed by atoms with Crippen molar-refractivity contribution in [1.29, 1.82) is 0 Å². The Morgan fingerprint density at radius 1 is 0.500 bits per heavy atom. The Labute approximate surface area is 247 Å². The average Bonchev–Trinajstić information content (AvgIpc) is 3.65. The van der Waals surface area contributed by atoms with E-state index in [1.807, 2.05) is 0 Å². The van der Waals surface area contributed by atoms with E-state index in [1.54, 1.807) is 11.1 Å². The summed E-state index contributed by atoms with van der Waals surface area (Å²) in [4.78, 5) is 2.54. The van der Waals surface area contributed by atoms with Crippen LogP contribution in [0.3, 0.4) is 0 Å². The van der Waals surface area contributed by atoms with E-state index >= 15 is 0 Å². The molecule has 1 heteroatoms. The van der Waals surface area contributed by atoms with Crippen molar-refractivity contribution in [2.75, 3.05) is 4.90 Å². The fourth-order valence-electron chi connectivity index (χ4n) is 8.17. The van der Waals surface area contributed by atoms with E-state index in [1.165, 1.54) is 75.3 Å². The summed E-state index contributed by atoms with van der Waals surface area (Å²) >= 11 is 0. The zero-order valence-electron chi connectivity index (χ0n) is 23.5. The number of hydrogen-bond donors (Lipinski definition) is 0. The summed E-state index contributed by atoms with van der Waals surface area (Å²) in [6, 6.07) is 53.8. The largest absolute Gasteiger partial charge is 0.310 e. The van der Waals surface area contributed by atoms with E-state index in [0.717, 1.165) is 0 Å². The predicted octanol–water partition coefficient (Wildman–Crippen LogP) is 11.0. The number of rotatable bonds is 4. The highest BCUT2D eigenvalue weighted by atomic mass is 15.2. The van der Waals surface area contributed by atoms with E-state index in [-0.39, 0.29) is 5.41 Å². The minimum Gasteiger partial charge on any atom is -0.310 e. The third-order valence-electron chi connectivity index (χ3n) is 10.0. The van der Waals surface area contributed by atoms with Gasteiger partial charge in [0.2, 0.25) is 0 Å². The lowest BCUT2D eigenvalue weighted by atomic mass is 9.69. The van der Waals surface area contributed by atoms with Crippen LogP contribution in [0.15, 0.2) is 146 Å². The van der Waals surface area contributed by atoms with Gasteiger partial charge in [0.05, 0.1) is 11.4 Å². The van der Waals surface area contributed by atoms with Gasteiger partial charge in [0.15, 0.2) is 0 Å². The van der Waals surface area contributed by atoms with E-state index in [2.05, 4.69) is 150 Å². The summed E-state index contributed by atoms with van der Waals surface area (Å²) in [5.74, 6) is 0.681. The van der Waals surface area contributed by atoms with Crippen molar-refractivity contribution in [2.45, 2.75) is 30.6 Å². The molecule has 1 heterocycles. The van der Waals surface area contributed by atoms with E-state index in [0.29, 0.717) is 5.92 Å². The Balaban J connectivity index is 1.18. The molecule has 1 nitrogen and oxygen atoms in total. The molecule has 0 amide bonds. The van der Waals surface area contributed by atoms with Gasteiger partial charge in [-0.15, -0.1) is 0 Å². The molecule has 2 atom stereocenters. The second kappa shape index (κ2) is 9.06. The molecule has 9 rings (SSSR count). The zero-order valence-corrected chi connectivity index (χ0v) is 23.5. The molecule has 2 unspecified atom stereocenters. The van der Waals surface area contributed by atoms with E-state index in [9.17, 15) is 0 Å². The summed E-state index contributed by atoms with van der Waals surface area (Å²) < 4.78 is 0. The van der Waals surface area contributed by atoms with Crippen molar-refractivity contribution in [2.24, 2.45) is 0 Å². The fraction of sp³-hybridized carbons (Fsp3) is 0.122. The van der Waals surface area contributed by atoms with Crippen LogP contribution in [0.2, 0.25) is 0 Å². The van der Waals surface area contributed by atoms with Gasteiger partial charge in [-0.2, -0.15) is 0 Å². The summed E-state index contributed by atoms with van der Waals surface area (Å²) in [6.45, 7) is 0. The quantitative estimate of drug-likeness (QED) is 0.216. The van der Waals surface area contributed by atoms with Crippen LogP contribution < -0.4 is 4.90 Å². The molecular formula is C41H31N. The first-order chi connectivity index (χ1) is 20.8. The van der Waals surface area contributed by atoms with E-state index in [4.69, 9.17) is 0 Å². The van der Waals surface area contributed by atoms with Gasteiger partial charge in [-0.05, 0) is 106 Å². The van der Waals surface area contributed by atoms with Gasteiger partial charge >= 0.3 is 0 Å². The summed E-state index contributed by atoms with van der Waals surface area (Å²) in [5.41, 5.74) is 16.2. The van der Waals surface area contributed by atoms with Gasteiger partial charge < -0.3 is 4.90 Å². The van der Waals surface area contributed by atoms with Crippen molar-refractivity contribution >= 4 is 17.1 Å². The maximum Gasteiger partial charge on any atom is 0.0509 e.